The summed E-state index contributed by atoms with van der Waals surface area (Å²) in [5, 5.41) is 10.3. The van der Waals surface area contributed by atoms with Gasteiger partial charge in [0.15, 0.2) is 0 Å². The number of nitrogens with zero attached hydrogens (tertiary/aromatic N) is 2. The first-order valence-electron chi connectivity index (χ1n) is 10.0. The summed E-state index contributed by atoms with van der Waals surface area (Å²) >= 11 is 6.34. The van der Waals surface area contributed by atoms with E-state index < -0.39 is 0 Å². The number of hydrogen-bond donors (Lipinski definition) is 1. The van der Waals surface area contributed by atoms with E-state index in [2.05, 4.69) is 47.4 Å². The zero-order valence-electron chi connectivity index (χ0n) is 16.3. The Labute approximate surface area is 166 Å². The molecule has 1 aromatic heterocycles. The minimum atomic E-state index is 0.604. The number of nitrogens with one attached hydrogen (secondary N) is 1. The van der Waals surface area contributed by atoms with Crippen molar-refractivity contribution in [1.29, 1.82) is 5.41 Å². The maximum absolute atomic E-state index is 8.37. The highest BCUT2D eigenvalue weighted by Gasteiger charge is 2.29. The average molecular weight is 382 g/mol. The number of halogens is 1. The van der Waals surface area contributed by atoms with E-state index in [0.717, 1.165) is 43.6 Å². The molecule has 27 heavy (non-hydrogen) atoms. The first-order valence-corrected chi connectivity index (χ1v) is 10.4. The minimum Gasteiger partial charge on any atom is -0.347 e. The molecule has 2 fully saturated rings. The molecule has 1 aromatic carbocycles. The van der Waals surface area contributed by atoms with Gasteiger partial charge in [-0.3, -0.25) is 0 Å². The smallest absolute Gasteiger partial charge is 0.0517 e. The van der Waals surface area contributed by atoms with Gasteiger partial charge in [0.2, 0.25) is 0 Å². The summed E-state index contributed by atoms with van der Waals surface area (Å²) < 4.78 is 2.41. The summed E-state index contributed by atoms with van der Waals surface area (Å²) in [5.41, 5.74) is 6.34. The molecule has 0 atom stereocenters. The van der Waals surface area contributed by atoms with Crippen LogP contribution < -0.4 is 4.90 Å². The standard InChI is InChI=1S/C23H28ClN3/c1-4-10-26-12-9-18-13-19(14-20(23(18)26)17-7-8-17)27-11-5-6-21(25)22(15(2)24)16(27)3/h9,12-14,17,25H,3-8,10-11H2,1-2H3/b22-15+,25-21?. The third kappa shape index (κ3) is 3.34. The summed E-state index contributed by atoms with van der Waals surface area (Å²) in [7, 11) is 0. The third-order valence-electron chi connectivity index (χ3n) is 5.74. The van der Waals surface area contributed by atoms with E-state index >= 15 is 0 Å². The molecule has 2 aromatic rings. The number of rotatable bonds is 4. The second-order valence-electron chi connectivity index (χ2n) is 7.85. The predicted molar refractivity (Wildman–Crippen MR) is 116 cm³/mol. The van der Waals surface area contributed by atoms with Crippen molar-refractivity contribution in [2.24, 2.45) is 0 Å². The van der Waals surface area contributed by atoms with Crippen LogP contribution >= 0.6 is 11.6 Å². The van der Waals surface area contributed by atoms with Gasteiger partial charge in [0, 0.05) is 52.4 Å². The van der Waals surface area contributed by atoms with Gasteiger partial charge in [0.25, 0.3) is 0 Å². The highest BCUT2D eigenvalue weighted by Crippen LogP contribution is 2.45. The normalized spacial score (nSPS) is 20.3. The van der Waals surface area contributed by atoms with E-state index in [-0.39, 0.29) is 0 Å². The van der Waals surface area contributed by atoms with Gasteiger partial charge in [-0.05, 0) is 68.7 Å². The van der Waals surface area contributed by atoms with Gasteiger partial charge >= 0.3 is 0 Å². The molecule has 3 nitrogen and oxygen atoms in total. The van der Waals surface area contributed by atoms with Gasteiger partial charge in [-0.2, -0.15) is 0 Å². The maximum Gasteiger partial charge on any atom is 0.0517 e. The number of anilines is 1. The van der Waals surface area contributed by atoms with E-state index in [9.17, 15) is 0 Å². The monoisotopic (exact) mass is 381 g/mol. The quantitative estimate of drug-likeness (QED) is 0.637. The fourth-order valence-electron chi connectivity index (χ4n) is 4.33. The predicted octanol–water partition coefficient (Wildman–Crippen LogP) is 6.58. The topological polar surface area (TPSA) is 32.0 Å². The minimum absolute atomic E-state index is 0.604. The first kappa shape index (κ1) is 18.4. The van der Waals surface area contributed by atoms with Crippen molar-refractivity contribution < 1.29 is 0 Å². The molecule has 4 rings (SSSR count). The second-order valence-corrected chi connectivity index (χ2v) is 8.41. The number of hydrogen-bond acceptors (Lipinski definition) is 2. The summed E-state index contributed by atoms with van der Waals surface area (Å²) in [6.07, 6.45) is 7.63. The van der Waals surface area contributed by atoms with Crippen LogP contribution in [0.5, 0.6) is 0 Å². The van der Waals surface area contributed by atoms with Crippen LogP contribution in [0.25, 0.3) is 10.9 Å². The largest absolute Gasteiger partial charge is 0.347 e. The van der Waals surface area contributed by atoms with E-state index in [1.807, 2.05) is 6.92 Å². The lowest BCUT2D eigenvalue weighted by molar-refractivity contribution is 0.701. The lowest BCUT2D eigenvalue weighted by Crippen LogP contribution is -2.23. The zero-order valence-corrected chi connectivity index (χ0v) is 17.1. The Hall–Kier alpha value is -2.00. The van der Waals surface area contributed by atoms with Crippen molar-refractivity contribution in [1.82, 2.24) is 4.57 Å². The molecule has 0 amide bonds. The lowest BCUT2D eigenvalue weighted by Gasteiger charge is -2.27. The van der Waals surface area contributed by atoms with E-state index in [0.29, 0.717) is 16.7 Å². The molecule has 1 saturated heterocycles. The number of allylic oxidation sites excluding steroid dienone is 2. The maximum atomic E-state index is 8.37. The highest BCUT2D eigenvalue weighted by atomic mass is 35.5. The Kier molecular flexibility index (Phi) is 4.90. The molecule has 0 bridgehead atoms. The van der Waals surface area contributed by atoms with Gasteiger partial charge in [-0.15, -0.1) is 0 Å². The molecule has 0 radical (unpaired) electrons. The molecular weight excluding hydrogens is 354 g/mol. The number of benzene rings is 1. The molecule has 1 saturated carbocycles. The molecule has 0 unspecified atom stereocenters. The molecule has 0 spiro atoms. The fourth-order valence-corrected chi connectivity index (χ4v) is 4.55. The first-order chi connectivity index (χ1) is 13.0. The Balaban J connectivity index is 1.83. The highest BCUT2D eigenvalue weighted by molar-refractivity contribution is 6.32. The summed E-state index contributed by atoms with van der Waals surface area (Å²) in [6, 6.07) is 6.90. The molecule has 2 heterocycles. The Bertz CT molecular complexity index is 942. The molecule has 2 aliphatic rings. The SMILES string of the molecule is C=C1/C(=C(/C)Cl)C(=N)CCCN1c1cc(C2CC2)c2c(ccn2CCC)c1. The van der Waals surface area contributed by atoms with Crippen LogP contribution in [-0.4, -0.2) is 16.8 Å². The van der Waals surface area contributed by atoms with Crippen molar-refractivity contribution in [3.63, 3.8) is 0 Å². The van der Waals surface area contributed by atoms with E-state index in [1.165, 1.54) is 35.0 Å². The van der Waals surface area contributed by atoms with Gasteiger partial charge in [-0.1, -0.05) is 25.1 Å². The van der Waals surface area contributed by atoms with Crippen LogP contribution in [0.4, 0.5) is 5.69 Å². The van der Waals surface area contributed by atoms with Crippen molar-refractivity contribution in [3.05, 3.63) is 52.8 Å². The van der Waals surface area contributed by atoms with Crippen LogP contribution in [-0.2, 0) is 6.54 Å². The Morgan fingerprint density at radius 3 is 2.78 bits per heavy atom. The summed E-state index contributed by atoms with van der Waals surface area (Å²) in [5.74, 6) is 0.682. The van der Waals surface area contributed by atoms with Crippen molar-refractivity contribution in [2.75, 3.05) is 11.4 Å². The second kappa shape index (κ2) is 7.20. The van der Waals surface area contributed by atoms with Gasteiger partial charge in [0.05, 0.1) is 5.52 Å². The van der Waals surface area contributed by atoms with Gasteiger partial charge < -0.3 is 14.9 Å². The van der Waals surface area contributed by atoms with Gasteiger partial charge in [-0.25, -0.2) is 0 Å². The molecule has 1 aliphatic heterocycles. The summed E-state index contributed by atoms with van der Waals surface area (Å²) in [6.45, 7) is 10.4. The molecule has 1 N–H and O–H groups in total. The molecule has 1 aliphatic carbocycles. The van der Waals surface area contributed by atoms with E-state index in [4.69, 9.17) is 17.0 Å². The third-order valence-corrected chi connectivity index (χ3v) is 5.93. The van der Waals surface area contributed by atoms with Crippen molar-refractivity contribution in [2.45, 2.75) is 58.4 Å². The molecule has 142 valence electrons. The number of fused-ring (bicyclic) bond motifs is 1. The number of aryl methyl sites for hydroxylation is 1. The van der Waals surface area contributed by atoms with Crippen LogP contribution in [0.3, 0.4) is 0 Å². The molecular formula is C23H28ClN3. The van der Waals surface area contributed by atoms with Gasteiger partial charge in [0.1, 0.15) is 0 Å². The van der Waals surface area contributed by atoms with E-state index in [1.54, 1.807) is 0 Å². The van der Waals surface area contributed by atoms with Crippen LogP contribution in [0.15, 0.2) is 47.3 Å². The summed E-state index contributed by atoms with van der Waals surface area (Å²) in [4.78, 5) is 2.27. The Morgan fingerprint density at radius 1 is 1.33 bits per heavy atom. The number of aromatic nitrogens is 1. The van der Waals surface area contributed by atoms with Crippen molar-refractivity contribution >= 4 is 33.9 Å². The van der Waals surface area contributed by atoms with Crippen LogP contribution in [0.1, 0.15) is 57.4 Å². The van der Waals surface area contributed by atoms with Crippen LogP contribution in [0, 0.1) is 5.41 Å². The Morgan fingerprint density at radius 2 is 2.11 bits per heavy atom. The van der Waals surface area contributed by atoms with Crippen molar-refractivity contribution in [3.8, 4) is 0 Å². The average Bonchev–Trinajstić information content (AvgIpc) is 3.41. The lowest BCUT2D eigenvalue weighted by atomic mass is 10.0. The fraction of sp³-hybridized carbons (Fsp3) is 0.435. The molecule has 4 heteroatoms. The zero-order chi connectivity index (χ0) is 19.1. The van der Waals surface area contributed by atoms with Crippen LogP contribution in [0.2, 0.25) is 0 Å².